The maximum atomic E-state index is 11.7. The van der Waals surface area contributed by atoms with Crippen LogP contribution in [0.2, 0.25) is 0 Å². The quantitative estimate of drug-likeness (QED) is 0.824. The van der Waals surface area contributed by atoms with Gasteiger partial charge in [-0.05, 0) is 18.2 Å². The molecule has 2 N–H and O–H groups in total. The summed E-state index contributed by atoms with van der Waals surface area (Å²) in [4.78, 5) is 12.8. The number of nitrogens with one attached hydrogen (secondary N) is 1. The molecule has 0 fully saturated rings. The van der Waals surface area contributed by atoms with Crippen LogP contribution in [-0.2, 0) is 11.3 Å². The fourth-order valence-electron chi connectivity index (χ4n) is 1.57. The van der Waals surface area contributed by atoms with Gasteiger partial charge in [0.25, 0.3) is 0 Å². The molecule has 1 amide bonds. The van der Waals surface area contributed by atoms with Crippen molar-refractivity contribution in [3.05, 3.63) is 60.2 Å². The Morgan fingerprint density at radius 3 is 2.47 bits per heavy atom. The summed E-state index contributed by atoms with van der Waals surface area (Å²) in [6, 6.07) is 16.8. The second kappa shape index (κ2) is 6.85. The number of benzene rings is 2. The van der Waals surface area contributed by atoms with Gasteiger partial charge in [0, 0.05) is 17.0 Å². The third-order valence-corrected chi connectivity index (χ3v) is 3.59. The molecule has 2 aromatic rings. The number of carbonyl (C=O) groups is 1. The Morgan fingerprint density at radius 1 is 1.05 bits per heavy atom. The van der Waals surface area contributed by atoms with E-state index in [1.165, 1.54) is 11.8 Å². The van der Waals surface area contributed by atoms with Crippen molar-refractivity contribution in [3.8, 4) is 5.75 Å². The van der Waals surface area contributed by atoms with Crippen LogP contribution in [0.5, 0.6) is 5.75 Å². The topological polar surface area (TPSA) is 49.3 Å². The average molecular weight is 273 g/mol. The zero-order valence-electron chi connectivity index (χ0n) is 10.4. The van der Waals surface area contributed by atoms with Crippen LogP contribution >= 0.6 is 11.8 Å². The lowest BCUT2D eigenvalue weighted by atomic mass is 10.2. The molecule has 0 aliphatic rings. The first-order chi connectivity index (χ1) is 9.25. The molecule has 19 heavy (non-hydrogen) atoms. The molecule has 0 aliphatic carbocycles. The maximum Gasteiger partial charge on any atom is 0.230 e. The predicted molar refractivity (Wildman–Crippen MR) is 77.1 cm³/mol. The van der Waals surface area contributed by atoms with Gasteiger partial charge in [-0.3, -0.25) is 4.79 Å². The third kappa shape index (κ3) is 4.34. The van der Waals surface area contributed by atoms with Gasteiger partial charge in [0.2, 0.25) is 5.91 Å². The second-order valence-electron chi connectivity index (χ2n) is 4.01. The fourth-order valence-corrected chi connectivity index (χ4v) is 2.32. The van der Waals surface area contributed by atoms with Crippen LogP contribution in [0.4, 0.5) is 0 Å². The minimum absolute atomic E-state index is 0.0443. The Balaban J connectivity index is 1.78. The van der Waals surface area contributed by atoms with E-state index >= 15 is 0 Å². The Labute approximate surface area is 116 Å². The highest BCUT2D eigenvalue weighted by Crippen LogP contribution is 2.17. The summed E-state index contributed by atoms with van der Waals surface area (Å²) in [5.74, 6) is 0.535. The van der Waals surface area contributed by atoms with E-state index in [9.17, 15) is 9.90 Å². The summed E-state index contributed by atoms with van der Waals surface area (Å²) < 4.78 is 0. The fraction of sp³-hybridized carbons (Fsp3) is 0.133. The number of para-hydroxylation sites is 1. The maximum absolute atomic E-state index is 11.7. The summed E-state index contributed by atoms with van der Waals surface area (Å²) in [6.07, 6.45) is 0. The number of amides is 1. The standard InChI is InChI=1S/C15H15NO2S/c17-14-9-5-4-6-12(14)10-16-15(18)11-19-13-7-2-1-3-8-13/h1-9,17H,10-11H2,(H,16,18). The number of rotatable bonds is 5. The molecule has 2 aromatic carbocycles. The van der Waals surface area contributed by atoms with Crippen LogP contribution in [0.15, 0.2) is 59.5 Å². The molecule has 0 bridgehead atoms. The van der Waals surface area contributed by atoms with Crippen molar-refractivity contribution < 1.29 is 9.90 Å². The van der Waals surface area contributed by atoms with Crippen LogP contribution in [0.25, 0.3) is 0 Å². The van der Waals surface area contributed by atoms with E-state index in [1.807, 2.05) is 36.4 Å². The molecular formula is C15H15NO2S. The van der Waals surface area contributed by atoms with E-state index in [0.717, 1.165) is 10.5 Å². The van der Waals surface area contributed by atoms with Gasteiger partial charge in [0.05, 0.1) is 5.75 Å². The molecule has 0 heterocycles. The van der Waals surface area contributed by atoms with Gasteiger partial charge < -0.3 is 10.4 Å². The van der Waals surface area contributed by atoms with Crippen molar-refractivity contribution >= 4 is 17.7 Å². The lowest BCUT2D eigenvalue weighted by Gasteiger charge is -2.06. The first-order valence-electron chi connectivity index (χ1n) is 5.97. The summed E-state index contributed by atoms with van der Waals surface area (Å²) >= 11 is 1.49. The van der Waals surface area contributed by atoms with Crippen molar-refractivity contribution in [3.63, 3.8) is 0 Å². The van der Waals surface area contributed by atoms with Crippen molar-refractivity contribution in [1.29, 1.82) is 0 Å². The lowest BCUT2D eigenvalue weighted by molar-refractivity contribution is -0.118. The highest BCUT2D eigenvalue weighted by atomic mass is 32.2. The smallest absolute Gasteiger partial charge is 0.230 e. The van der Waals surface area contributed by atoms with Gasteiger partial charge >= 0.3 is 0 Å². The lowest BCUT2D eigenvalue weighted by Crippen LogP contribution is -2.24. The Hall–Kier alpha value is -1.94. The molecule has 0 unspecified atom stereocenters. The number of hydrogen-bond donors (Lipinski definition) is 2. The molecule has 0 atom stereocenters. The molecule has 0 aliphatic heterocycles. The second-order valence-corrected chi connectivity index (χ2v) is 5.06. The molecule has 3 nitrogen and oxygen atoms in total. The average Bonchev–Trinajstić information content (AvgIpc) is 2.45. The molecule has 0 spiro atoms. The first kappa shape index (κ1) is 13.5. The van der Waals surface area contributed by atoms with E-state index in [4.69, 9.17) is 0 Å². The largest absolute Gasteiger partial charge is 0.508 e. The zero-order valence-corrected chi connectivity index (χ0v) is 11.2. The van der Waals surface area contributed by atoms with E-state index in [-0.39, 0.29) is 11.7 Å². The summed E-state index contributed by atoms with van der Waals surface area (Å²) in [5.41, 5.74) is 0.723. The molecule has 2 rings (SSSR count). The molecule has 0 saturated carbocycles. The first-order valence-corrected chi connectivity index (χ1v) is 6.95. The van der Waals surface area contributed by atoms with Crippen molar-refractivity contribution in [1.82, 2.24) is 5.32 Å². The van der Waals surface area contributed by atoms with Gasteiger partial charge in [-0.2, -0.15) is 0 Å². The van der Waals surface area contributed by atoms with Gasteiger partial charge in [0.15, 0.2) is 0 Å². The normalized spacial score (nSPS) is 10.1. The number of phenols is 1. The van der Waals surface area contributed by atoms with E-state index < -0.39 is 0 Å². The van der Waals surface area contributed by atoms with Crippen molar-refractivity contribution in [2.45, 2.75) is 11.4 Å². The van der Waals surface area contributed by atoms with Gasteiger partial charge in [-0.1, -0.05) is 36.4 Å². The Morgan fingerprint density at radius 2 is 1.74 bits per heavy atom. The summed E-state index contributed by atoms with van der Waals surface area (Å²) in [7, 11) is 0. The highest BCUT2D eigenvalue weighted by molar-refractivity contribution is 8.00. The van der Waals surface area contributed by atoms with Gasteiger partial charge in [-0.25, -0.2) is 0 Å². The summed E-state index contributed by atoms with van der Waals surface area (Å²) in [5, 5.41) is 12.4. The van der Waals surface area contributed by atoms with Crippen LogP contribution in [0.1, 0.15) is 5.56 Å². The van der Waals surface area contributed by atoms with Crippen LogP contribution < -0.4 is 5.32 Å². The summed E-state index contributed by atoms with van der Waals surface area (Å²) in [6.45, 7) is 0.348. The minimum atomic E-state index is -0.0443. The third-order valence-electron chi connectivity index (χ3n) is 2.58. The SMILES string of the molecule is O=C(CSc1ccccc1)NCc1ccccc1O. The van der Waals surface area contributed by atoms with Crippen molar-refractivity contribution in [2.24, 2.45) is 0 Å². The van der Waals surface area contributed by atoms with Gasteiger partial charge in [0.1, 0.15) is 5.75 Å². The minimum Gasteiger partial charge on any atom is -0.508 e. The molecule has 0 aromatic heterocycles. The number of carbonyl (C=O) groups excluding carboxylic acids is 1. The molecule has 0 radical (unpaired) electrons. The Kier molecular flexibility index (Phi) is 4.86. The Bertz CT molecular complexity index is 543. The van der Waals surface area contributed by atoms with E-state index in [1.54, 1.807) is 18.2 Å². The predicted octanol–water partition coefficient (Wildman–Crippen LogP) is 2.80. The van der Waals surface area contributed by atoms with Crippen LogP contribution in [0.3, 0.4) is 0 Å². The zero-order chi connectivity index (χ0) is 13.5. The van der Waals surface area contributed by atoms with Gasteiger partial charge in [-0.15, -0.1) is 11.8 Å². The van der Waals surface area contributed by atoms with Crippen LogP contribution in [-0.4, -0.2) is 16.8 Å². The monoisotopic (exact) mass is 273 g/mol. The van der Waals surface area contributed by atoms with E-state index in [0.29, 0.717) is 12.3 Å². The molecule has 4 heteroatoms. The highest BCUT2D eigenvalue weighted by Gasteiger charge is 2.04. The molecule has 98 valence electrons. The van der Waals surface area contributed by atoms with Crippen LogP contribution in [0, 0.1) is 0 Å². The molecular weight excluding hydrogens is 258 g/mol. The van der Waals surface area contributed by atoms with Crippen molar-refractivity contribution in [2.75, 3.05) is 5.75 Å². The number of aromatic hydroxyl groups is 1. The molecule has 0 saturated heterocycles. The number of hydrogen-bond acceptors (Lipinski definition) is 3. The number of thioether (sulfide) groups is 1. The van der Waals surface area contributed by atoms with E-state index in [2.05, 4.69) is 5.32 Å². The number of phenolic OH excluding ortho intramolecular Hbond substituents is 1.